The summed E-state index contributed by atoms with van der Waals surface area (Å²) in [6.45, 7) is 2.10. The van der Waals surface area contributed by atoms with Crippen LogP contribution in [-0.4, -0.2) is 15.6 Å². The molecule has 0 saturated carbocycles. The maximum atomic E-state index is 10.9. The quantitative estimate of drug-likeness (QED) is 0.764. The highest BCUT2D eigenvalue weighted by molar-refractivity contribution is 5.90. The summed E-state index contributed by atoms with van der Waals surface area (Å²) in [5.41, 5.74) is 4.88. The van der Waals surface area contributed by atoms with Gasteiger partial charge in [-0.25, -0.2) is 4.79 Å². The number of aromatic carboxylic acids is 1. The molecule has 3 nitrogen and oxygen atoms in total. The van der Waals surface area contributed by atoms with Crippen molar-refractivity contribution in [2.24, 2.45) is 7.05 Å². The van der Waals surface area contributed by atoms with Crippen LogP contribution < -0.4 is 0 Å². The number of hydrogen-bond acceptors (Lipinski definition) is 1. The van der Waals surface area contributed by atoms with Gasteiger partial charge < -0.3 is 9.67 Å². The topological polar surface area (TPSA) is 42.2 Å². The van der Waals surface area contributed by atoms with E-state index in [1.807, 2.05) is 19.2 Å². The molecule has 0 atom stereocenters. The van der Waals surface area contributed by atoms with Gasteiger partial charge in [0.25, 0.3) is 0 Å². The van der Waals surface area contributed by atoms with Crippen LogP contribution in [0.2, 0.25) is 0 Å². The minimum Gasteiger partial charge on any atom is -0.478 e. The molecule has 0 bridgehead atoms. The molecule has 1 aromatic heterocycles. The van der Waals surface area contributed by atoms with Crippen molar-refractivity contribution < 1.29 is 9.90 Å². The van der Waals surface area contributed by atoms with Crippen LogP contribution in [0.1, 0.15) is 15.9 Å². The smallest absolute Gasteiger partial charge is 0.335 e. The van der Waals surface area contributed by atoms with E-state index < -0.39 is 5.97 Å². The maximum absolute atomic E-state index is 10.9. The van der Waals surface area contributed by atoms with Gasteiger partial charge in [0.05, 0.1) is 5.56 Å². The van der Waals surface area contributed by atoms with Gasteiger partial charge in [0.2, 0.25) is 0 Å². The Morgan fingerprint density at radius 1 is 1.05 bits per heavy atom. The zero-order valence-electron chi connectivity index (χ0n) is 11.4. The van der Waals surface area contributed by atoms with Crippen LogP contribution in [-0.2, 0) is 7.05 Å². The Bertz CT molecular complexity index is 798. The normalized spacial score (nSPS) is 10.9. The molecule has 0 saturated heterocycles. The highest BCUT2D eigenvalue weighted by Gasteiger charge is 2.07. The van der Waals surface area contributed by atoms with E-state index in [0.29, 0.717) is 5.56 Å². The third-order valence-electron chi connectivity index (χ3n) is 3.65. The van der Waals surface area contributed by atoms with Gasteiger partial charge in [0.15, 0.2) is 0 Å². The number of carbonyl (C=O) groups is 1. The van der Waals surface area contributed by atoms with E-state index in [4.69, 9.17) is 5.11 Å². The summed E-state index contributed by atoms with van der Waals surface area (Å²) in [6.07, 6.45) is 2.11. The Labute approximate surface area is 117 Å². The fourth-order valence-electron chi connectivity index (χ4n) is 2.57. The lowest BCUT2D eigenvalue weighted by Gasteiger charge is -2.04. The SMILES string of the molecule is Cc1cn(C)c2ccc(-c3ccc(C(=O)O)cc3)cc12. The average Bonchev–Trinajstić information content (AvgIpc) is 2.74. The molecule has 0 fully saturated rings. The van der Waals surface area contributed by atoms with Gasteiger partial charge in [0, 0.05) is 24.1 Å². The van der Waals surface area contributed by atoms with Gasteiger partial charge in [-0.2, -0.15) is 0 Å². The monoisotopic (exact) mass is 265 g/mol. The highest BCUT2D eigenvalue weighted by atomic mass is 16.4. The first-order valence-corrected chi connectivity index (χ1v) is 6.45. The number of rotatable bonds is 2. The number of aromatic nitrogens is 1. The summed E-state index contributed by atoms with van der Waals surface area (Å²) in [5, 5.41) is 10.2. The second-order valence-corrected chi connectivity index (χ2v) is 5.04. The summed E-state index contributed by atoms with van der Waals surface area (Å²) in [5.74, 6) is -0.897. The van der Waals surface area contributed by atoms with Crippen molar-refractivity contribution in [1.29, 1.82) is 0 Å². The van der Waals surface area contributed by atoms with Gasteiger partial charge in [0.1, 0.15) is 0 Å². The first-order valence-electron chi connectivity index (χ1n) is 6.45. The summed E-state index contributed by atoms with van der Waals surface area (Å²) < 4.78 is 2.11. The molecule has 0 amide bonds. The van der Waals surface area contributed by atoms with Gasteiger partial charge >= 0.3 is 5.97 Å². The summed E-state index contributed by atoms with van der Waals surface area (Å²) >= 11 is 0. The van der Waals surface area contributed by atoms with Crippen LogP contribution in [0, 0.1) is 6.92 Å². The number of nitrogens with zero attached hydrogens (tertiary/aromatic N) is 1. The minimum absolute atomic E-state index is 0.311. The number of carboxylic acids is 1. The number of aryl methyl sites for hydroxylation is 2. The lowest BCUT2D eigenvalue weighted by atomic mass is 10.0. The molecule has 20 heavy (non-hydrogen) atoms. The first kappa shape index (κ1) is 12.5. The van der Waals surface area contributed by atoms with Crippen LogP contribution in [0.5, 0.6) is 0 Å². The lowest BCUT2D eigenvalue weighted by Crippen LogP contribution is -1.94. The van der Waals surface area contributed by atoms with Crippen molar-refractivity contribution in [2.75, 3.05) is 0 Å². The van der Waals surface area contributed by atoms with E-state index in [-0.39, 0.29) is 0 Å². The fourth-order valence-corrected chi connectivity index (χ4v) is 2.57. The molecule has 3 aromatic rings. The van der Waals surface area contributed by atoms with Gasteiger partial charge in [-0.1, -0.05) is 18.2 Å². The summed E-state index contributed by atoms with van der Waals surface area (Å²) in [4.78, 5) is 10.9. The first-order chi connectivity index (χ1) is 9.56. The molecule has 3 heteroatoms. The molecule has 1 heterocycles. The van der Waals surface area contributed by atoms with Crippen molar-refractivity contribution in [1.82, 2.24) is 4.57 Å². The van der Waals surface area contributed by atoms with Gasteiger partial charge in [-0.3, -0.25) is 0 Å². The number of fused-ring (bicyclic) bond motifs is 1. The van der Waals surface area contributed by atoms with Crippen LogP contribution in [0.15, 0.2) is 48.7 Å². The maximum Gasteiger partial charge on any atom is 0.335 e. The molecule has 0 aliphatic rings. The largest absolute Gasteiger partial charge is 0.478 e. The number of carboxylic acid groups (broad SMARTS) is 1. The van der Waals surface area contributed by atoms with Gasteiger partial charge in [-0.05, 0) is 47.9 Å². The Morgan fingerprint density at radius 3 is 2.35 bits per heavy atom. The molecule has 0 radical (unpaired) electrons. The average molecular weight is 265 g/mol. The second kappa shape index (κ2) is 4.53. The number of benzene rings is 2. The van der Waals surface area contributed by atoms with Crippen LogP contribution in [0.3, 0.4) is 0 Å². The zero-order chi connectivity index (χ0) is 14.3. The fraction of sp³-hybridized carbons (Fsp3) is 0.118. The van der Waals surface area contributed by atoms with Crippen LogP contribution >= 0.6 is 0 Å². The lowest BCUT2D eigenvalue weighted by molar-refractivity contribution is 0.0697. The van der Waals surface area contributed by atoms with E-state index in [9.17, 15) is 4.79 Å². The van der Waals surface area contributed by atoms with Gasteiger partial charge in [-0.15, -0.1) is 0 Å². The van der Waals surface area contributed by atoms with Crippen LogP contribution in [0.25, 0.3) is 22.0 Å². The molecule has 0 unspecified atom stereocenters. The van der Waals surface area contributed by atoms with E-state index >= 15 is 0 Å². The Balaban J connectivity index is 2.09. The Kier molecular flexibility index (Phi) is 2.83. The van der Waals surface area contributed by atoms with E-state index in [0.717, 1.165) is 11.1 Å². The predicted octanol–water partition coefficient (Wildman–Crippen LogP) is 3.85. The van der Waals surface area contributed by atoms with E-state index in [1.54, 1.807) is 12.1 Å². The van der Waals surface area contributed by atoms with Crippen molar-refractivity contribution in [3.63, 3.8) is 0 Å². The molecule has 3 rings (SSSR count). The van der Waals surface area contributed by atoms with Crippen molar-refractivity contribution in [3.8, 4) is 11.1 Å². The third kappa shape index (κ3) is 1.97. The van der Waals surface area contributed by atoms with E-state index in [2.05, 4.69) is 35.9 Å². The molecule has 2 aromatic carbocycles. The molecule has 0 aliphatic carbocycles. The van der Waals surface area contributed by atoms with Crippen LogP contribution in [0.4, 0.5) is 0 Å². The molecule has 0 aliphatic heterocycles. The summed E-state index contributed by atoms with van der Waals surface area (Å²) in [6, 6.07) is 13.3. The molecule has 0 spiro atoms. The zero-order valence-corrected chi connectivity index (χ0v) is 11.4. The third-order valence-corrected chi connectivity index (χ3v) is 3.65. The predicted molar refractivity (Wildman–Crippen MR) is 80.1 cm³/mol. The second-order valence-electron chi connectivity index (χ2n) is 5.04. The molecular formula is C17H15NO2. The number of hydrogen-bond donors (Lipinski definition) is 1. The molecular weight excluding hydrogens is 250 g/mol. The Hall–Kier alpha value is -2.55. The molecule has 100 valence electrons. The standard InChI is InChI=1S/C17H15NO2/c1-11-10-18(2)16-8-7-14(9-15(11)16)12-3-5-13(6-4-12)17(19)20/h3-10H,1-2H3,(H,19,20). The van der Waals surface area contributed by atoms with Crippen molar-refractivity contribution in [3.05, 3.63) is 59.8 Å². The van der Waals surface area contributed by atoms with Crippen molar-refractivity contribution in [2.45, 2.75) is 6.92 Å². The van der Waals surface area contributed by atoms with E-state index in [1.165, 1.54) is 16.5 Å². The molecule has 1 N–H and O–H groups in total. The summed E-state index contributed by atoms with van der Waals surface area (Å²) in [7, 11) is 2.04. The van der Waals surface area contributed by atoms with Crippen molar-refractivity contribution >= 4 is 16.9 Å². The highest BCUT2D eigenvalue weighted by Crippen LogP contribution is 2.27. The minimum atomic E-state index is -0.897. The Morgan fingerprint density at radius 2 is 1.70 bits per heavy atom.